The molecule has 1 aromatic carbocycles. The molecule has 0 aliphatic carbocycles. The van der Waals surface area contributed by atoms with E-state index >= 15 is 0 Å². The van der Waals surface area contributed by atoms with Crippen LogP contribution in [0.25, 0.3) is 0 Å². The second kappa shape index (κ2) is 5.69. The molecule has 0 fully saturated rings. The van der Waals surface area contributed by atoms with Crippen molar-refractivity contribution < 1.29 is 9.66 Å². The lowest BCUT2D eigenvalue weighted by Crippen LogP contribution is -2.24. The van der Waals surface area contributed by atoms with Gasteiger partial charge in [0.2, 0.25) is 0 Å². The van der Waals surface area contributed by atoms with Gasteiger partial charge in [-0.05, 0) is 27.6 Å². The average molecular weight is 350 g/mol. The van der Waals surface area contributed by atoms with Crippen LogP contribution in [0.4, 0.5) is 11.4 Å². The molecule has 2 heterocycles. The quantitative estimate of drug-likeness (QED) is 0.677. The van der Waals surface area contributed by atoms with Crippen molar-refractivity contribution in [2.45, 2.75) is 12.5 Å². The lowest BCUT2D eigenvalue weighted by atomic mass is 10.1. The van der Waals surface area contributed by atoms with E-state index < -0.39 is 4.92 Å². The van der Waals surface area contributed by atoms with E-state index in [9.17, 15) is 10.1 Å². The molecule has 1 unspecified atom stereocenters. The highest BCUT2D eigenvalue weighted by Gasteiger charge is 2.24. The summed E-state index contributed by atoms with van der Waals surface area (Å²) in [4.78, 5) is 14.4. The van der Waals surface area contributed by atoms with Crippen molar-refractivity contribution in [3.8, 4) is 5.75 Å². The first-order chi connectivity index (χ1) is 10.1. The topological polar surface area (TPSA) is 77.3 Å². The van der Waals surface area contributed by atoms with Gasteiger partial charge >= 0.3 is 5.69 Å². The number of ether oxygens (including phenoxy) is 1. The van der Waals surface area contributed by atoms with E-state index in [1.165, 1.54) is 12.4 Å². The van der Waals surface area contributed by atoms with Crippen molar-refractivity contribution in [1.82, 2.24) is 4.98 Å². The second-order valence-corrected chi connectivity index (χ2v) is 5.56. The minimum absolute atomic E-state index is 0.0398. The fraction of sp³-hybridized carbons (Fsp3) is 0.214. The van der Waals surface area contributed by atoms with E-state index in [4.69, 9.17) is 4.74 Å². The Bertz CT molecular complexity index is 668. The lowest BCUT2D eigenvalue weighted by molar-refractivity contribution is -0.384. The smallest absolute Gasteiger partial charge is 0.311 e. The molecule has 7 heteroatoms. The number of hydrogen-bond acceptors (Lipinski definition) is 5. The minimum atomic E-state index is -0.454. The number of halogens is 1. The molecule has 108 valence electrons. The third-order valence-corrected chi connectivity index (χ3v) is 3.90. The highest BCUT2D eigenvalue weighted by atomic mass is 79.9. The van der Waals surface area contributed by atoms with Crippen molar-refractivity contribution in [2.24, 2.45) is 0 Å². The zero-order chi connectivity index (χ0) is 14.8. The Hall–Kier alpha value is -2.15. The molecule has 0 bridgehead atoms. The van der Waals surface area contributed by atoms with Gasteiger partial charge in [0.1, 0.15) is 23.7 Å². The molecule has 1 aliphatic heterocycles. The van der Waals surface area contributed by atoms with Gasteiger partial charge in [0.15, 0.2) is 0 Å². The van der Waals surface area contributed by atoms with Crippen LogP contribution in [0.15, 0.2) is 41.1 Å². The van der Waals surface area contributed by atoms with Crippen molar-refractivity contribution in [3.05, 3.63) is 56.8 Å². The molecule has 0 radical (unpaired) electrons. The molecule has 0 saturated heterocycles. The van der Waals surface area contributed by atoms with E-state index in [1.54, 1.807) is 0 Å². The van der Waals surface area contributed by atoms with E-state index in [-0.39, 0.29) is 11.8 Å². The van der Waals surface area contributed by atoms with Gasteiger partial charge in [0.25, 0.3) is 0 Å². The van der Waals surface area contributed by atoms with Crippen LogP contribution in [-0.2, 0) is 6.42 Å². The van der Waals surface area contributed by atoms with Crippen LogP contribution >= 0.6 is 15.9 Å². The number of anilines is 1. The Morgan fingerprint density at radius 1 is 1.43 bits per heavy atom. The normalized spacial score (nSPS) is 16.1. The number of hydrogen-bond donors (Lipinski definition) is 1. The molecule has 21 heavy (non-hydrogen) atoms. The number of fused-ring (bicyclic) bond motifs is 1. The fourth-order valence-corrected chi connectivity index (χ4v) is 2.78. The maximum Gasteiger partial charge on any atom is 0.311 e. The predicted octanol–water partition coefficient (Wildman–Crippen LogP) is 3.17. The number of rotatable bonds is 4. The van der Waals surface area contributed by atoms with Crippen LogP contribution in [0.1, 0.15) is 5.56 Å². The van der Waals surface area contributed by atoms with E-state index in [1.807, 2.05) is 24.3 Å². The van der Waals surface area contributed by atoms with Gasteiger partial charge in [-0.25, -0.2) is 0 Å². The first kappa shape index (κ1) is 13.8. The molecule has 1 N–H and O–H groups in total. The number of aromatic nitrogens is 1. The summed E-state index contributed by atoms with van der Waals surface area (Å²) in [6.07, 6.45) is 3.51. The van der Waals surface area contributed by atoms with Crippen molar-refractivity contribution in [1.29, 1.82) is 0 Å². The number of nitro groups is 1. The van der Waals surface area contributed by atoms with Gasteiger partial charge in [-0.1, -0.05) is 18.2 Å². The van der Waals surface area contributed by atoms with Gasteiger partial charge in [0, 0.05) is 12.6 Å². The standard InChI is InChI=1S/C14H12BrN3O3/c15-11-7-16-8-12(18(19)20)14(11)17-6-10-5-9-3-1-2-4-13(9)21-10/h1-4,7-8,10H,5-6H2,(H,16,17). The van der Waals surface area contributed by atoms with Crippen LogP contribution in [0.5, 0.6) is 5.75 Å². The molecule has 0 spiro atoms. The molecule has 0 amide bonds. The molecule has 1 atom stereocenters. The summed E-state index contributed by atoms with van der Waals surface area (Å²) in [5.41, 5.74) is 1.53. The Morgan fingerprint density at radius 2 is 2.24 bits per heavy atom. The van der Waals surface area contributed by atoms with E-state index in [0.29, 0.717) is 16.7 Å². The van der Waals surface area contributed by atoms with Crippen LogP contribution in [0, 0.1) is 10.1 Å². The maximum absolute atomic E-state index is 11.0. The predicted molar refractivity (Wildman–Crippen MR) is 81.6 cm³/mol. The Balaban J connectivity index is 1.71. The fourth-order valence-electron chi connectivity index (χ4n) is 2.32. The van der Waals surface area contributed by atoms with Crippen LogP contribution in [-0.4, -0.2) is 22.6 Å². The molecule has 0 saturated carbocycles. The molecular formula is C14H12BrN3O3. The zero-order valence-corrected chi connectivity index (χ0v) is 12.5. The Kier molecular flexibility index (Phi) is 3.74. The third kappa shape index (κ3) is 2.82. The first-order valence-corrected chi connectivity index (χ1v) is 7.21. The summed E-state index contributed by atoms with van der Waals surface area (Å²) in [7, 11) is 0. The zero-order valence-electron chi connectivity index (χ0n) is 11.0. The lowest BCUT2D eigenvalue weighted by Gasteiger charge is -2.13. The number of benzene rings is 1. The van der Waals surface area contributed by atoms with Crippen molar-refractivity contribution in [3.63, 3.8) is 0 Å². The molecule has 1 aromatic heterocycles. The van der Waals surface area contributed by atoms with Crippen LogP contribution in [0.3, 0.4) is 0 Å². The highest BCUT2D eigenvalue weighted by molar-refractivity contribution is 9.10. The summed E-state index contributed by atoms with van der Waals surface area (Å²) in [5, 5.41) is 14.1. The van der Waals surface area contributed by atoms with Gasteiger partial charge in [-0.15, -0.1) is 0 Å². The number of para-hydroxylation sites is 1. The summed E-state index contributed by atoms with van der Waals surface area (Å²) in [6.45, 7) is 0.484. The molecule has 3 rings (SSSR count). The van der Waals surface area contributed by atoms with Crippen molar-refractivity contribution in [2.75, 3.05) is 11.9 Å². The van der Waals surface area contributed by atoms with Crippen LogP contribution < -0.4 is 10.1 Å². The molecule has 1 aliphatic rings. The van der Waals surface area contributed by atoms with E-state index in [2.05, 4.69) is 26.2 Å². The number of pyridine rings is 1. The summed E-state index contributed by atoms with van der Waals surface area (Å²) >= 11 is 3.28. The molecule has 2 aromatic rings. The van der Waals surface area contributed by atoms with Gasteiger partial charge in [-0.3, -0.25) is 15.1 Å². The number of nitrogens with zero attached hydrogens (tertiary/aromatic N) is 2. The van der Waals surface area contributed by atoms with Crippen LogP contribution in [0.2, 0.25) is 0 Å². The number of nitrogens with one attached hydrogen (secondary N) is 1. The van der Waals surface area contributed by atoms with Crippen molar-refractivity contribution >= 4 is 27.3 Å². The Morgan fingerprint density at radius 3 is 3.00 bits per heavy atom. The summed E-state index contributed by atoms with van der Waals surface area (Å²) < 4.78 is 6.37. The second-order valence-electron chi connectivity index (χ2n) is 4.71. The summed E-state index contributed by atoms with van der Waals surface area (Å²) in [5.74, 6) is 0.882. The monoisotopic (exact) mass is 349 g/mol. The summed E-state index contributed by atoms with van der Waals surface area (Å²) in [6, 6.07) is 7.86. The third-order valence-electron chi connectivity index (χ3n) is 3.30. The molecular weight excluding hydrogens is 338 g/mol. The van der Waals surface area contributed by atoms with Gasteiger partial charge < -0.3 is 10.1 Å². The van der Waals surface area contributed by atoms with Gasteiger partial charge in [-0.2, -0.15) is 0 Å². The molecule has 6 nitrogen and oxygen atoms in total. The maximum atomic E-state index is 11.0. The minimum Gasteiger partial charge on any atom is -0.488 e. The highest BCUT2D eigenvalue weighted by Crippen LogP contribution is 2.32. The largest absolute Gasteiger partial charge is 0.488 e. The van der Waals surface area contributed by atoms with E-state index in [0.717, 1.165) is 17.7 Å². The average Bonchev–Trinajstić information content (AvgIpc) is 2.88. The van der Waals surface area contributed by atoms with Gasteiger partial charge in [0.05, 0.1) is 15.9 Å². The first-order valence-electron chi connectivity index (χ1n) is 6.41. The SMILES string of the molecule is O=[N+]([O-])c1cncc(Br)c1NCC1Cc2ccccc2O1. The Labute approximate surface area is 129 Å².